The molecule has 0 amide bonds. The molecular formula is C15H18N2O2S. The summed E-state index contributed by atoms with van der Waals surface area (Å²) in [6.07, 6.45) is 0.914. The molecule has 0 aliphatic heterocycles. The first-order valence-electron chi connectivity index (χ1n) is 6.38. The van der Waals surface area contributed by atoms with Gasteiger partial charge in [-0.05, 0) is 42.7 Å². The van der Waals surface area contributed by atoms with E-state index in [1.54, 1.807) is 19.1 Å². The van der Waals surface area contributed by atoms with Gasteiger partial charge in [-0.25, -0.2) is 13.6 Å². The zero-order valence-corrected chi connectivity index (χ0v) is 12.2. The van der Waals surface area contributed by atoms with Crippen molar-refractivity contribution in [2.24, 2.45) is 5.14 Å². The number of nitrogens with one attached hydrogen (secondary N) is 1. The zero-order chi connectivity index (χ0) is 14.6. The summed E-state index contributed by atoms with van der Waals surface area (Å²) in [4.78, 5) is 0.172. The third-order valence-electron chi connectivity index (χ3n) is 3.07. The Morgan fingerprint density at radius 1 is 1.10 bits per heavy atom. The van der Waals surface area contributed by atoms with Crippen molar-refractivity contribution in [2.75, 3.05) is 11.9 Å². The molecule has 4 nitrogen and oxygen atoms in total. The highest BCUT2D eigenvalue weighted by Crippen LogP contribution is 2.18. The molecule has 0 saturated heterocycles. The number of hydrogen-bond donors (Lipinski definition) is 2. The maximum absolute atomic E-state index is 11.3. The van der Waals surface area contributed by atoms with E-state index in [0.29, 0.717) is 5.56 Å². The summed E-state index contributed by atoms with van der Waals surface area (Å²) >= 11 is 0. The first kappa shape index (κ1) is 14.6. The van der Waals surface area contributed by atoms with Crippen LogP contribution in [0.25, 0.3) is 0 Å². The molecule has 3 N–H and O–H groups in total. The molecule has 0 saturated carbocycles. The average Bonchev–Trinajstić information content (AvgIpc) is 2.38. The summed E-state index contributed by atoms with van der Waals surface area (Å²) < 4.78 is 22.6. The van der Waals surface area contributed by atoms with Gasteiger partial charge in [0.25, 0.3) is 0 Å². The van der Waals surface area contributed by atoms with E-state index in [9.17, 15) is 8.42 Å². The molecule has 106 valence electrons. The van der Waals surface area contributed by atoms with Gasteiger partial charge >= 0.3 is 0 Å². The van der Waals surface area contributed by atoms with Gasteiger partial charge in [0.2, 0.25) is 10.0 Å². The lowest BCUT2D eigenvalue weighted by Gasteiger charge is -2.09. The van der Waals surface area contributed by atoms with E-state index in [1.807, 2.05) is 18.2 Å². The van der Waals surface area contributed by atoms with Crippen molar-refractivity contribution in [3.05, 3.63) is 59.7 Å². The summed E-state index contributed by atoms with van der Waals surface area (Å²) in [5.41, 5.74) is 2.81. The molecule has 0 heterocycles. The largest absolute Gasteiger partial charge is 0.385 e. The van der Waals surface area contributed by atoms with Gasteiger partial charge in [-0.15, -0.1) is 0 Å². The van der Waals surface area contributed by atoms with E-state index in [1.165, 1.54) is 11.6 Å². The van der Waals surface area contributed by atoms with E-state index in [-0.39, 0.29) is 4.90 Å². The number of anilines is 1. The van der Waals surface area contributed by atoms with Crippen LogP contribution in [-0.4, -0.2) is 15.0 Å². The van der Waals surface area contributed by atoms with Gasteiger partial charge in [0, 0.05) is 12.2 Å². The third-order valence-corrected chi connectivity index (χ3v) is 4.14. The quantitative estimate of drug-likeness (QED) is 0.887. The number of aryl methyl sites for hydroxylation is 1. The molecule has 0 aliphatic rings. The fourth-order valence-corrected chi connectivity index (χ4v) is 2.84. The summed E-state index contributed by atoms with van der Waals surface area (Å²) in [7, 11) is -3.64. The normalized spacial score (nSPS) is 11.3. The van der Waals surface area contributed by atoms with Gasteiger partial charge < -0.3 is 5.32 Å². The van der Waals surface area contributed by atoms with Gasteiger partial charge in [0.1, 0.15) is 0 Å². The predicted octanol–water partition coefficient (Wildman–Crippen LogP) is 2.30. The summed E-state index contributed by atoms with van der Waals surface area (Å²) in [5.74, 6) is 0. The molecule has 0 radical (unpaired) electrons. The number of nitrogens with two attached hydrogens (primary N) is 1. The van der Waals surface area contributed by atoms with Crippen LogP contribution in [0.4, 0.5) is 5.69 Å². The minimum Gasteiger partial charge on any atom is -0.385 e. The molecule has 20 heavy (non-hydrogen) atoms. The number of rotatable bonds is 5. The Bertz CT molecular complexity index is 682. The van der Waals surface area contributed by atoms with Crippen molar-refractivity contribution >= 4 is 15.7 Å². The second-order valence-corrected chi connectivity index (χ2v) is 6.22. The van der Waals surface area contributed by atoms with Crippen LogP contribution >= 0.6 is 0 Å². The van der Waals surface area contributed by atoms with Crippen LogP contribution in [0.15, 0.2) is 53.4 Å². The molecule has 0 fully saturated rings. The standard InChI is InChI=1S/C15H18N2O2S/c1-12-11-14(7-8-15(12)20(16,18)19)17-10-9-13-5-3-2-4-6-13/h2-8,11,17H,9-10H2,1H3,(H2,16,18,19). The fourth-order valence-electron chi connectivity index (χ4n) is 2.07. The van der Waals surface area contributed by atoms with Crippen molar-refractivity contribution in [1.82, 2.24) is 0 Å². The van der Waals surface area contributed by atoms with Gasteiger partial charge in [0.15, 0.2) is 0 Å². The van der Waals surface area contributed by atoms with Crippen LogP contribution in [0, 0.1) is 6.92 Å². The van der Waals surface area contributed by atoms with Gasteiger partial charge in [0.05, 0.1) is 4.90 Å². The van der Waals surface area contributed by atoms with Crippen LogP contribution < -0.4 is 10.5 Å². The lowest BCUT2D eigenvalue weighted by molar-refractivity contribution is 0.597. The zero-order valence-electron chi connectivity index (χ0n) is 11.3. The maximum atomic E-state index is 11.3. The van der Waals surface area contributed by atoms with Gasteiger partial charge in [-0.3, -0.25) is 0 Å². The summed E-state index contributed by atoms with van der Waals surface area (Å²) in [6, 6.07) is 15.2. The Morgan fingerprint density at radius 3 is 2.40 bits per heavy atom. The fraction of sp³-hybridized carbons (Fsp3) is 0.200. The topological polar surface area (TPSA) is 72.2 Å². The first-order valence-corrected chi connectivity index (χ1v) is 7.93. The van der Waals surface area contributed by atoms with E-state index >= 15 is 0 Å². The molecular weight excluding hydrogens is 272 g/mol. The first-order chi connectivity index (χ1) is 9.47. The van der Waals surface area contributed by atoms with E-state index in [4.69, 9.17) is 5.14 Å². The highest BCUT2D eigenvalue weighted by atomic mass is 32.2. The molecule has 5 heteroatoms. The Labute approximate surface area is 119 Å². The van der Waals surface area contributed by atoms with Crippen LogP contribution in [0.3, 0.4) is 0 Å². The molecule has 0 aliphatic carbocycles. The van der Waals surface area contributed by atoms with E-state index in [0.717, 1.165) is 18.7 Å². The SMILES string of the molecule is Cc1cc(NCCc2ccccc2)ccc1S(N)(=O)=O. The minimum absolute atomic E-state index is 0.172. The molecule has 0 aromatic heterocycles. The molecule has 0 unspecified atom stereocenters. The van der Waals surface area contributed by atoms with Crippen molar-refractivity contribution < 1.29 is 8.42 Å². The van der Waals surface area contributed by atoms with Gasteiger partial charge in [-0.1, -0.05) is 30.3 Å². The molecule has 2 rings (SSSR count). The smallest absolute Gasteiger partial charge is 0.238 e. The van der Waals surface area contributed by atoms with E-state index in [2.05, 4.69) is 17.4 Å². The Hall–Kier alpha value is -1.85. The molecule has 0 atom stereocenters. The van der Waals surface area contributed by atoms with Crippen LogP contribution in [0.1, 0.15) is 11.1 Å². The Kier molecular flexibility index (Phi) is 4.42. The Balaban J connectivity index is 1.99. The third kappa shape index (κ3) is 3.82. The lowest BCUT2D eigenvalue weighted by atomic mass is 10.1. The van der Waals surface area contributed by atoms with Crippen molar-refractivity contribution in [3.8, 4) is 0 Å². The predicted molar refractivity (Wildman–Crippen MR) is 81.2 cm³/mol. The van der Waals surface area contributed by atoms with Crippen LogP contribution in [-0.2, 0) is 16.4 Å². The number of sulfonamides is 1. The number of hydrogen-bond acceptors (Lipinski definition) is 3. The average molecular weight is 290 g/mol. The maximum Gasteiger partial charge on any atom is 0.238 e. The van der Waals surface area contributed by atoms with Crippen molar-refractivity contribution in [1.29, 1.82) is 0 Å². The van der Waals surface area contributed by atoms with Crippen LogP contribution in [0.2, 0.25) is 0 Å². The highest BCUT2D eigenvalue weighted by molar-refractivity contribution is 7.89. The van der Waals surface area contributed by atoms with Crippen molar-refractivity contribution in [3.63, 3.8) is 0 Å². The van der Waals surface area contributed by atoms with Crippen LogP contribution in [0.5, 0.6) is 0 Å². The summed E-state index contributed by atoms with van der Waals surface area (Å²) in [6.45, 7) is 2.53. The van der Waals surface area contributed by atoms with Crippen molar-refractivity contribution in [2.45, 2.75) is 18.2 Å². The monoisotopic (exact) mass is 290 g/mol. The highest BCUT2D eigenvalue weighted by Gasteiger charge is 2.11. The lowest BCUT2D eigenvalue weighted by Crippen LogP contribution is -2.14. The molecule has 2 aromatic rings. The number of primary sulfonamides is 1. The molecule has 2 aromatic carbocycles. The molecule has 0 bridgehead atoms. The van der Waals surface area contributed by atoms with E-state index < -0.39 is 10.0 Å². The second-order valence-electron chi connectivity index (χ2n) is 4.69. The summed E-state index contributed by atoms with van der Waals surface area (Å²) in [5, 5.41) is 8.41. The van der Waals surface area contributed by atoms with Gasteiger partial charge in [-0.2, -0.15) is 0 Å². The minimum atomic E-state index is -3.64. The molecule has 0 spiro atoms. The Morgan fingerprint density at radius 2 is 1.80 bits per heavy atom. The number of benzene rings is 2. The second kappa shape index (κ2) is 6.07.